The minimum absolute atomic E-state index is 0.00356. The Balaban J connectivity index is 1.75. The Bertz CT molecular complexity index is 597. The van der Waals surface area contributed by atoms with Crippen molar-refractivity contribution in [1.29, 1.82) is 0 Å². The summed E-state index contributed by atoms with van der Waals surface area (Å²) in [7, 11) is 0. The fraction of sp³-hybridized carbons (Fsp3) is 0.500. The smallest absolute Gasteiger partial charge is 0.254 e. The molecular formula is C16H16N2O2. The van der Waals surface area contributed by atoms with Gasteiger partial charge in [0.05, 0.1) is 12.1 Å². The van der Waals surface area contributed by atoms with Crippen LogP contribution in [0.2, 0.25) is 0 Å². The van der Waals surface area contributed by atoms with Crippen LogP contribution in [0.5, 0.6) is 0 Å². The van der Waals surface area contributed by atoms with Crippen molar-refractivity contribution in [3.63, 3.8) is 0 Å². The van der Waals surface area contributed by atoms with E-state index in [2.05, 4.69) is 36.5 Å². The lowest BCUT2D eigenvalue weighted by Crippen LogP contribution is -2.76. The van der Waals surface area contributed by atoms with Gasteiger partial charge >= 0.3 is 0 Å². The molecule has 0 aromatic carbocycles. The third kappa shape index (κ3) is 0.799. The number of carbonyl (C=O) groups is 2. The van der Waals surface area contributed by atoms with E-state index in [1.165, 1.54) is 0 Å². The van der Waals surface area contributed by atoms with E-state index in [-0.39, 0.29) is 34.7 Å². The highest BCUT2D eigenvalue weighted by atomic mass is 16.2. The molecule has 4 heteroatoms. The van der Waals surface area contributed by atoms with Crippen LogP contribution in [-0.4, -0.2) is 33.9 Å². The molecule has 3 heterocycles. The van der Waals surface area contributed by atoms with Gasteiger partial charge in [0.25, 0.3) is 11.8 Å². The Morgan fingerprint density at radius 1 is 0.950 bits per heavy atom. The van der Waals surface area contributed by atoms with Crippen molar-refractivity contribution in [2.24, 2.45) is 16.7 Å². The molecular weight excluding hydrogens is 252 g/mol. The van der Waals surface area contributed by atoms with Crippen molar-refractivity contribution in [3.8, 4) is 0 Å². The van der Waals surface area contributed by atoms with Gasteiger partial charge in [-0.1, -0.05) is 36.5 Å². The summed E-state index contributed by atoms with van der Waals surface area (Å²) in [5.41, 5.74) is 0.0231. The molecule has 0 radical (unpaired) electrons. The van der Waals surface area contributed by atoms with Crippen molar-refractivity contribution < 1.29 is 9.59 Å². The quantitative estimate of drug-likeness (QED) is 0.492. The number of nitrogens with zero attached hydrogens (tertiary/aromatic N) is 2. The minimum atomic E-state index is -0.528. The van der Waals surface area contributed by atoms with E-state index >= 15 is 0 Å². The van der Waals surface area contributed by atoms with Crippen LogP contribution < -0.4 is 0 Å². The lowest BCUT2D eigenvalue weighted by atomic mass is 9.42. The van der Waals surface area contributed by atoms with Gasteiger partial charge in [0.1, 0.15) is 5.92 Å². The Hall–Kier alpha value is -1.84. The number of amides is 2. The van der Waals surface area contributed by atoms with Crippen LogP contribution in [0, 0.1) is 16.7 Å². The van der Waals surface area contributed by atoms with Crippen molar-refractivity contribution in [2.45, 2.75) is 31.8 Å². The zero-order valence-electron chi connectivity index (χ0n) is 11.3. The average Bonchev–Trinajstić information content (AvgIpc) is 2.67. The van der Waals surface area contributed by atoms with Crippen LogP contribution in [0.25, 0.3) is 0 Å². The van der Waals surface area contributed by atoms with Crippen LogP contribution in [-0.2, 0) is 9.59 Å². The van der Waals surface area contributed by atoms with Crippen LogP contribution in [0.3, 0.4) is 0 Å². The van der Waals surface area contributed by atoms with Gasteiger partial charge in [-0.3, -0.25) is 9.59 Å². The van der Waals surface area contributed by atoms with Gasteiger partial charge in [-0.2, -0.15) is 0 Å². The summed E-state index contributed by atoms with van der Waals surface area (Å²) in [6, 6.07) is 0.00713. The number of rotatable bonds is 0. The van der Waals surface area contributed by atoms with Gasteiger partial charge in [0.15, 0.2) is 0 Å². The normalized spacial score (nSPS) is 50.1. The van der Waals surface area contributed by atoms with Crippen molar-refractivity contribution in [2.75, 3.05) is 0 Å². The zero-order chi connectivity index (χ0) is 13.7. The Morgan fingerprint density at radius 3 is 1.80 bits per heavy atom. The summed E-state index contributed by atoms with van der Waals surface area (Å²) in [5.74, 6) is -0.598. The van der Waals surface area contributed by atoms with Crippen molar-refractivity contribution >= 4 is 11.8 Å². The summed E-state index contributed by atoms with van der Waals surface area (Å²) in [4.78, 5) is 24.9. The summed E-state index contributed by atoms with van der Waals surface area (Å²) in [6.07, 6.45) is 15.2. The maximum atomic E-state index is 12.5. The molecule has 4 nitrogen and oxygen atoms in total. The number of hydrogen-bond acceptors (Lipinski definition) is 2. The fourth-order valence-electron chi connectivity index (χ4n) is 4.98. The molecule has 0 aromatic heterocycles. The molecule has 2 amide bonds. The lowest BCUT2D eigenvalue weighted by molar-refractivity contribution is -0.203. The van der Waals surface area contributed by atoms with E-state index < -0.39 is 5.92 Å². The van der Waals surface area contributed by atoms with Gasteiger partial charge in [0.2, 0.25) is 0 Å². The molecule has 1 unspecified atom stereocenters. The summed E-state index contributed by atoms with van der Waals surface area (Å²) in [5, 5.41) is 3.50. The first kappa shape index (κ1) is 10.9. The molecule has 2 bridgehead atoms. The predicted octanol–water partition coefficient (Wildman–Crippen LogP) is 1.42. The average molecular weight is 268 g/mol. The van der Waals surface area contributed by atoms with Crippen molar-refractivity contribution in [3.05, 3.63) is 36.5 Å². The highest BCUT2D eigenvalue weighted by molar-refractivity contribution is 6.06. The maximum Gasteiger partial charge on any atom is 0.254 e. The first-order valence-electron chi connectivity index (χ1n) is 7.32. The van der Waals surface area contributed by atoms with Crippen LogP contribution >= 0.6 is 0 Å². The lowest BCUT2D eigenvalue weighted by Gasteiger charge is -2.70. The van der Waals surface area contributed by atoms with Gasteiger partial charge < -0.3 is 0 Å². The standard InChI is InChI=1S/C16H16N2O2/c1-10-13(19)17-11-4-5-12(18(17)14(10)20)16-7-3-2-6-15(11,16)8-9-16/h2-5,8-12H,6-7H2,1H3/t10?,11-,12+,15-,16+. The third-order valence-corrected chi connectivity index (χ3v) is 6.11. The Labute approximate surface area is 117 Å². The van der Waals surface area contributed by atoms with E-state index in [9.17, 15) is 9.59 Å². The van der Waals surface area contributed by atoms with Crippen molar-refractivity contribution in [1.82, 2.24) is 10.0 Å². The second kappa shape index (κ2) is 2.92. The molecule has 0 aromatic rings. The molecule has 20 heavy (non-hydrogen) atoms. The van der Waals surface area contributed by atoms with Gasteiger partial charge in [-0.25, -0.2) is 10.0 Å². The molecule has 0 saturated carbocycles. The number of allylic oxidation sites excluding steroid dienone is 2. The highest BCUT2D eigenvalue weighted by Gasteiger charge is 2.72. The van der Waals surface area contributed by atoms with Gasteiger partial charge in [-0.15, -0.1) is 0 Å². The molecule has 6 aliphatic rings. The molecule has 6 rings (SSSR count). The summed E-state index contributed by atoms with van der Waals surface area (Å²) in [6.45, 7) is 1.73. The molecule has 5 atom stereocenters. The molecule has 2 fully saturated rings. The summed E-state index contributed by atoms with van der Waals surface area (Å²) < 4.78 is 0. The van der Waals surface area contributed by atoms with E-state index in [0.29, 0.717) is 0 Å². The minimum Gasteiger partial charge on any atom is -0.272 e. The second-order valence-electron chi connectivity index (χ2n) is 6.66. The van der Waals surface area contributed by atoms with Gasteiger partial charge in [0, 0.05) is 10.8 Å². The van der Waals surface area contributed by atoms with E-state index in [1.807, 2.05) is 0 Å². The molecule has 102 valence electrons. The van der Waals surface area contributed by atoms with E-state index in [0.717, 1.165) is 12.8 Å². The van der Waals surface area contributed by atoms with E-state index in [1.54, 1.807) is 16.9 Å². The predicted molar refractivity (Wildman–Crippen MR) is 72.0 cm³/mol. The Kier molecular flexibility index (Phi) is 1.59. The zero-order valence-corrected chi connectivity index (χ0v) is 11.3. The summed E-state index contributed by atoms with van der Waals surface area (Å²) >= 11 is 0. The number of hydrogen-bond donors (Lipinski definition) is 0. The Morgan fingerprint density at radius 2 is 1.40 bits per heavy atom. The van der Waals surface area contributed by atoms with Crippen LogP contribution in [0.4, 0.5) is 0 Å². The molecule has 3 aliphatic carbocycles. The maximum absolute atomic E-state index is 12.5. The topological polar surface area (TPSA) is 40.6 Å². The second-order valence-corrected chi connectivity index (χ2v) is 6.66. The number of hydrazine groups is 1. The first-order chi connectivity index (χ1) is 9.62. The number of carbonyl (C=O) groups excluding carboxylic acids is 2. The monoisotopic (exact) mass is 268 g/mol. The molecule has 0 spiro atoms. The fourth-order valence-corrected chi connectivity index (χ4v) is 4.98. The molecule has 3 aliphatic heterocycles. The molecule has 2 saturated heterocycles. The molecule has 0 N–H and O–H groups in total. The highest BCUT2D eigenvalue weighted by Crippen LogP contribution is 2.68. The first-order valence-corrected chi connectivity index (χ1v) is 7.32. The largest absolute Gasteiger partial charge is 0.272 e. The van der Waals surface area contributed by atoms with Crippen LogP contribution in [0.1, 0.15) is 19.8 Å². The third-order valence-electron chi connectivity index (χ3n) is 6.11. The SMILES string of the molecule is CC1C(=O)N2[C@H]3C=C[C@@H](N2C1=O)[C@@]12C=C[C@@]31CC=CC2. The van der Waals surface area contributed by atoms with Gasteiger partial charge in [-0.05, 0) is 19.8 Å². The van der Waals surface area contributed by atoms with Crippen LogP contribution in [0.15, 0.2) is 36.5 Å². The van der Waals surface area contributed by atoms with E-state index in [4.69, 9.17) is 0 Å².